The molecule has 2 heteroatoms. The predicted octanol–water partition coefficient (Wildman–Crippen LogP) is 4.66. The first kappa shape index (κ1) is 9.97. The number of hydrogen-bond acceptors (Lipinski definition) is 1. The van der Waals surface area contributed by atoms with E-state index < -0.39 is 0 Å². The molecule has 1 aromatic carbocycles. The van der Waals surface area contributed by atoms with Crippen LogP contribution in [0.2, 0.25) is 0 Å². The topological polar surface area (TPSA) is 0 Å². The molecule has 0 radical (unpaired) electrons. The average Bonchev–Trinajstić information content (AvgIpc) is 2.54. The third-order valence-electron chi connectivity index (χ3n) is 3.20. The molecule has 3 rings (SSSR count). The van der Waals surface area contributed by atoms with Crippen molar-refractivity contribution in [3.05, 3.63) is 50.5 Å². The summed E-state index contributed by atoms with van der Waals surface area (Å²) in [6, 6.07) is 8.80. The molecule has 0 bridgehead atoms. The third-order valence-corrected chi connectivity index (χ3v) is 5.92. The van der Waals surface area contributed by atoms with Crippen molar-refractivity contribution >= 4 is 34.4 Å². The summed E-state index contributed by atoms with van der Waals surface area (Å²) in [7, 11) is 0. The molecular formula is C13H11IS. The molecule has 1 aromatic rings. The minimum absolute atomic E-state index is 0.243. The van der Waals surface area contributed by atoms with E-state index in [2.05, 4.69) is 65.9 Å². The van der Waals surface area contributed by atoms with Gasteiger partial charge in [0.1, 0.15) is 0 Å². The molecule has 1 unspecified atom stereocenters. The van der Waals surface area contributed by atoms with Crippen molar-refractivity contribution in [1.82, 2.24) is 0 Å². The van der Waals surface area contributed by atoms with E-state index in [0.717, 1.165) is 6.42 Å². The summed E-state index contributed by atoms with van der Waals surface area (Å²) in [5.41, 5.74) is 1.75. The fourth-order valence-corrected chi connectivity index (χ4v) is 4.88. The standard InChI is InChI=1S/C13H11IS/c1-13-8-4-6-10(14)12(13)15-11-7-3-2-5-9(11)13/h2-7H,8H2,1H3. The van der Waals surface area contributed by atoms with E-state index in [0.29, 0.717) is 0 Å². The molecule has 2 aliphatic rings. The highest BCUT2D eigenvalue weighted by molar-refractivity contribution is 14.1. The number of halogens is 1. The molecule has 0 saturated heterocycles. The molecule has 1 aliphatic carbocycles. The van der Waals surface area contributed by atoms with Crippen molar-refractivity contribution in [2.24, 2.45) is 0 Å². The molecule has 0 nitrogen and oxygen atoms in total. The lowest BCUT2D eigenvalue weighted by Crippen LogP contribution is -2.21. The van der Waals surface area contributed by atoms with Crippen LogP contribution in [0.4, 0.5) is 0 Å². The Bertz CT molecular complexity index is 487. The van der Waals surface area contributed by atoms with E-state index in [9.17, 15) is 0 Å². The van der Waals surface area contributed by atoms with Gasteiger partial charge in [0.25, 0.3) is 0 Å². The third kappa shape index (κ3) is 1.34. The molecule has 76 valence electrons. The van der Waals surface area contributed by atoms with E-state index in [4.69, 9.17) is 0 Å². The van der Waals surface area contributed by atoms with Crippen LogP contribution < -0.4 is 0 Å². The Morgan fingerprint density at radius 1 is 1.33 bits per heavy atom. The van der Waals surface area contributed by atoms with Crippen LogP contribution in [-0.2, 0) is 5.41 Å². The number of hydrogen-bond donors (Lipinski definition) is 0. The van der Waals surface area contributed by atoms with Gasteiger partial charge in [-0.3, -0.25) is 0 Å². The van der Waals surface area contributed by atoms with Crippen molar-refractivity contribution in [1.29, 1.82) is 0 Å². The van der Waals surface area contributed by atoms with Gasteiger partial charge in [0.15, 0.2) is 0 Å². The van der Waals surface area contributed by atoms with Crippen molar-refractivity contribution < 1.29 is 0 Å². The summed E-state index contributed by atoms with van der Waals surface area (Å²) in [5, 5.41) is 0. The second-order valence-electron chi connectivity index (χ2n) is 4.21. The summed E-state index contributed by atoms with van der Waals surface area (Å²) in [4.78, 5) is 2.97. The zero-order valence-electron chi connectivity index (χ0n) is 8.46. The lowest BCUT2D eigenvalue weighted by molar-refractivity contribution is 0.588. The van der Waals surface area contributed by atoms with Crippen molar-refractivity contribution in [2.45, 2.75) is 23.7 Å². The minimum Gasteiger partial charge on any atom is -0.0922 e. The molecule has 0 amide bonds. The fraction of sp³-hybridized carbons (Fsp3) is 0.231. The van der Waals surface area contributed by atoms with Crippen LogP contribution in [0.15, 0.2) is 49.8 Å². The summed E-state index contributed by atoms with van der Waals surface area (Å²) in [6.45, 7) is 2.36. The van der Waals surface area contributed by atoms with Crippen molar-refractivity contribution in [3.63, 3.8) is 0 Å². The Kier molecular flexibility index (Phi) is 2.25. The normalized spacial score (nSPS) is 27.9. The molecule has 0 N–H and O–H groups in total. The molecule has 15 heavy (non-hydrogen) atoms. The van der Waals surface area contributed by atoms with Gasteiger partial charge < -0.3 is 0 Å². The van der Waals surface area contributed by atoms with E-state index >= 15 is 0 Å². The zero-order chi connectivity index (χ0) is 10.5. The lowest BCUT2D eigenvalue weighted by Gasteiger charge is -2.28. The van der Waals surface area contributed by atoms with Gasteiger partial charge >= 0.3 is 0 Å². The van der Waals surface area contributed by atoms with Gasteiger partial charge in [-0.2, -0.15) is 0 Å². The summed E-state index contributed by atoms with van der Waals surface area (Å²) >= 11 is 4.40. The molecular weight excluding hydrogens is 315 g/mol. The second kappa shape index (κ2) is 3.39. The fourth-order valence-electron chi connectivity index (χ4n) is 2.35. The number of rotatable bonds is 0. The average molecular weight is 326 g/mol. The quantitative estimate of drug-likeness (QED) is 0.625. The number of allylic oxidation sites excluding steroid dienone is 4. The van der Waals surface area contributed by atoms with E-state index in [-0.39, 0.29) is 5.41 Å². The monoisotopic (exact) mass is 326 g/mol. The highest BCUT2D eigenvalue weighted by atomic mass is 127. The smallest absolute Gasteiger partial charge is 0.0294 e. The van der Waals surface area contributed by atoms with Crippen LogP contribution >= 0.6 is 34.4 Å². The Labute approximate surface area is 108 Å². The van der Waals surface area contributed by atoms with E-state index in [1.54, 1.807) is 0 Å². The van der Waals surface area contributed by atoms with E-state index in [1.165, 1.54) is 18.9 Å². The van der Waals surface area contributed by atoms with Crippen LogP contribution in [0, 0.1) is 0 Å². The highest BCUT2D eigenvalue weighted by Crippen LogP contribution is 2.57. The van der Waals surface area contributed by atoms with Crippen LogP contribution in [0.3, 0.4) is 0 Å². The molecule has 0 saturated carbocycles. The molecule has 0 aromatic heterocycles. The van der Waals surface area contributed by atoms with Gasteiger partial charge in [-0.25, -0.2) is 0 Å². The highest BCUT2D eigenvalue weighted by Gasteiger charge is 2.40. The first-order valence-electron chi connectivity index (χ1n) is 5.06. The first-order chi connectivity index (χ1) is 7.22. The maximum Gasteiger partial charge on any atom is 0.0294 e. The predicted molar refractivity (Wildman–Crippen MR) is 74.5 cm³/mol. The van der Waals surface area contributed by atoms with Gasteiger partial charge in [-0.05, 0) is 40.6 Å². The zero-order valence-corrected chi connectivity index (χ0v) is 11.4. The Morgan fingerprint density at radius 3 is 3.00 bits per heavy atom. The van der Waals surface area contributed by atoms with Crippen LogP contribution in [0.25, 0.3) is 0 Å². The van der Waals surface area contributed by atoms with Gasteiger partial charge in [0.05, 0.1) is 0 Å². The van der Waals surface area contributed by atoms with Crippen molar-refractivity contribution in [3.8, 4) is 0 Å². The molecule has 1 atom stereocenters. The molecule has 1 heterocycles. The number of thioether (sulfide) groups is 1. The Hall–Kier alpha value is -0.220. The number of fused-ring (bicyclic) bond motifs is 3. The van der Waals surface area contributed by atoms with E-state index in [1.807, 2.05) is 11.8 Å². The van der Waals surface area contributed by atoms with Gasteiger partial charge in [0, 0.05) is 18.8 Å². The van der Waals surface area contributed by atoms with Crippen LogP contribution in [-0.4, -0.2) is 0 Å². The number of benzene rings is 1. The summed E-state index contributed by atoms with van der Waals surface area (Å²) < 4.78 is 1.41. The summed E-state index contributed by atoms with van der Waals surface area (Å²) in [5.74, 6) is 0. The van der Waals surface area contributed by atoms with Crippen LogP contribution in [0.1, 0.15) is 18.9 Å². The minimum atomic E-state index is 0.243. The molecule has 0 spiro atoms. The summed E-state index contributed by atoms with van der Waals surface area (Å²) in [6.07, 6.45) is 5.68. The Balaban J connectivity index is 2.25. The van der Waals surface area contributed by atoms with Crippen LogP contribution in [0.5, 0.6) is 0 Å². The Morgan fingerprint density at radius 2 is 2.13 bits per heavy atom. The van der Waals surface area contributed by atoms with Gasteiger partial charge in [0.2, 0.25) is 0 Å². The SMILES string of the molecule is CC12CC=CC(I)=C1Sc1ccccc12. The second-order valence-corrected chi connectivity index (χ2v) is 6.43. The molecule has 0 fully saturated rings. The van der Waals surface area contributed by atoms with Crippen molar-refractivity contribution in [2.75, 3.05) is 0 Å². The maximum atomic E-state index is 2.45. The van der Waals surface area contributed by atoms with Gasteiger partial charge in [-0.15, -0.1) is 0 Å². The first-order valence-corrected chi connectivity index (χ1v) is 6.95. The van der Waals surface area contributed by atoms with Gasteiger partial charge in [-0.1, -0.05) is 49.0 Å². The molecule has 1 aliphatic heterocycles. The lowest BCUT2D eigenvalue weighted by atomic mass is 9.77. The maximum absolute atomic E-state index is 2.45. The largest absolute Gasteiger partial charge is 0.0922 e.